The molecule has 0 aromatic carbocycles. The van der Waals surface area contributed by atoms with Crippen LogP contribution in [0, 0.1) is 0 Å². The fraction of sp³-hybridized carbons (Fsp3) is 0.680. The summed E-state index contributed by atoms with van der Waals surface area (Å²) >= 11 is 0. The number of unbranched alkanes of at least 4 members (excludes halogenated alkanes) is 25. The molecule has 0 saturated heterocycles. The molecule has 0 saturated carbocycles. The van der Waals surface area contributed by atoms with E-state index in [0.717, 1.165) is 148 Å². The van der Waals surface area contributed by atoms with E-state index in [4.69, 9.17) is 13.8 Å². The van der Waals surface area contributed by atoms with Gasteiger partial charge < -0.3 is 28.5 Å². The molecule has 486 valence electrons. The zero-order chi connectivity index (χ0) is 62.1. The molecule has 0 radical (unpaired) electrons. The van der Waals surface area contributed by atoms with Crippen molar-refractivity contribution in [1.82, 2.24) is 5.32 Å². The van der Waals surface area contributed by atoms with Crippen LogP contribution in [0.3, 0.4) is 0 Å². The lowest BCUT2D eigenvalue weighted by Crippen LogP contribution is -2.47. The molecular weight excluding hydrogens is 1070 g/mol. The summed E-state index contributed by atoms with van der Waals surface area (Å²) in [4.78, 5) is 40.1. The Labute approximate surface area is 524 Å². The van der Waals surface area contributed by atoms with Crippen LogP contribution < -0.4 is 10.2 Å². The predicted molar refractivity (Wildman–Crippen MR) is 366 cm³/mol. The third-order valence-electron chi connectivity index (χ3n) is 14.6. The first kappa shape index (κ1) is 81.2. The number of allylic oxidation sites excluding steroid dienone is 21. The lowest BCUT2D eigenvalue weighted by atomic mass is 10.1. The van der Waals surface area contributed by atoms with Gasteiger partial charge >= 0.3 is 5.97 Å². The van der Waals surface area contributed by atoms with Crippen LogP contribution in [-0.2, 0) is 27.9 Å². The molecule has 0 heterocycles. The van der Waals surface area contributed by atoms with E-state index >= 15 is 0 Å². The largest absolute Gasteiger partial charge is 0.756 e. The first-order chi connectivity index (χ1) is 41.4. The summed E-state index contributed by atoms with van der Waals surface area (Å²) in [6.45, 7) is 6.67. The van der Waals surface area contributed by atoms with E-state index in [1.807, 2.05) is 33.3 Å². The summed E-state index contributed by atoms with van der Waals surface area (Å²) in [6.07, 6.45) is 89.9. The zero-order valence-corrected chi connectivity index (χ0v) is 56.4. The molecule has 0 bridgehead atoms. The van der Waals surface area contributed by atoms with Gasteiger partial charge in [-0.2, -0.15) is 0 Å². The number of phosphoric acid groups is 1. The topological polar surface area (TPSA) is 114 Å². The van der Waals surface area contributed by atoms with Gasteiger partial charge in [0.2, 0.25) is 5.91 Å². The predicted octanol–water partition coefficient (Wildman–Crippen LogP) is 21.4. The van der Waals surface area contributed by atoms with Gasteiger partial charge in [0.1, 0.15) is 19.3 Å². The minimum absolute atomic E-state index is 0.0345. The van der Waals surface area contributed by atoms with Crippen LogP contribution in [0.4, 0.5) is 0 Å². The Balaban J connectivity index is 5.16. The van der Waals surface area contributed by atoms with Crippen molar-refractivity contribution in [3.63, 3.8) is 0 Å². The molecule has 85 heavy (non-hydrogen) atoms. The summed E-state index contributed by atoms with van der Waals surface area (Å²) in [6, 6.07) is -0.911. The van der Waals surface area contributed by atoms with Crippen molar-refractivity contribution in [2.45, 2.75) is 290 Å². The highest BCUT2D eigenvalue weighted by Crippen LogP contribution is 2.38. The van der Waals surface area contributed by atoms with Gasteiger partial charge in [-0.15, -0.1) is 0 Å². The van der Waals surface area contributed by atoms with Crippen molar-refractivity contribution in [1.29, 1.82) is 0 Å². The Morgan fingerprint density at radius 3 is 1.15 bits per heavy atom. The monoisotopic (exact) mass is 1200 g/mol. The van der Waals surface area contributed by atoms with Crippen molar-refractivity contribution in [2.75, 3.05) is 40.9 Å². The molecule has 0 aromatic heterocycles. The fourth-order valence-corrected chi connectivity index (χ4v) is 10.00. The number of nitrogens with one attached hydrogen (secondary N) is 1. The lowest BCUT2D eigenvalue weighted by Gasteiger charge is -2.30. The van der Waals surface area contributed by atoms with E-state index in [9.17, 15) is 19.0 Å². The Morgan fingerprint density at radius 2 is 0.753 bits per heavy atom. The van der Waals surface area contributed by atoms with Crippen molar-refractivity contribution in [3.8, 4) is 0 Å². The van der Waals surface area contributed by atoms with Crippen LogP contribution >= 0.6 is 7.82 Å². The summed E-state index contributed by atoms with van der Waals surface area (Å²) in [5.74, 6) is -0.577. The molecule has 3 unspecified atom stereocenters. The van der Waals surface area contributed by atoms with Crippen molar-refractivity contribution in [2.24, 2.45) is 0 Å². The van der Waals surface area contributed by atoms with Gasteiger partial charge in [-0.25, -0.2) is 0 Å². The third-order valence-corrected chi connectivity index (χ3v) is 15.5. The van der Waals surface area contributed by atoms with Gasteiger partial charge in [0, 0.05) is 12.8 Å². The maximum atomic E-state index is 13.6. The van der Waals surface area contributed by atoms with Gasteiger partial charge in [0.15, 0.2) is 0 Å². The Bertz CT molecular complexity index is 1920. The highest BCUT2D eigenvalue weighted by molar-refractivity contribution is 7.45. The second-order valence-electron chi connectivity index (χ2n) is 23.9. The Morgan fingerprint density at radius 1 is 0.424 bits per heavy atom. The maximum Gasteiger partial charge on any atom is 0.306 e. The quantitative estimate of drug-likeness (QED) is 0.0212. The standard InChI is InChI=1S/C75H129N2O7P/c1-7-10-13-16-19-22-25-27-29-31-33-35-37-38-40-42-44-46-48-50-53-56-59-62-65-68-75(79)84-73(66-63-60-57-54-51-24-21-18-15-12-9-3)72(71-83-85(80,81)82-70-69-77(4,5)6)76-74(78)67-64-61-58-55-52-49-47-45-43-41-39-36-34-32-30-28-26-23-20-17-14-11-8-2/h10,13,19-20,22-23,27-30,33-36,38,40-41,43-44,46,63,66,72-73H,7-9,11-12,14-18,21,24-26,31-32,37,39,42,45,47-62,64-65,67-71H2,1-6H3,(H-,76,78,80,81)/b13-10-,22-19-,23-20-,29-27-,30-28-,35-33-,36-34-,40-38-,43-41-,46-44-,66-63+. The van der Waals surface area contributed by atoms with Crippen molar-refractivity contribution in [3.05, 3.63) is 134 Å². The molecular formula is C75H129N2O7P. The van der Waals surface area contributed by atoms with Crippen LogP contribution in [0.2, 0.25) is 0 Å². The van der Waals surface area contributed by atoms with Gasteiger partial charge in [-0.3, -0.25) is 14.2 Å². The third kappa shape index (κ3) is 64.5. The number of likely N-dealkylation sites (N-methyl/N-ethyl adjacent to an activating group) is 1. The highest BCUT2D eigenvalue weighted by atomic mass is 31.2. The maximum absolute atomic E-state index is 13.6. The number of phosphoric ester groups is 1. The first-order valence-electron chi connectivity index (χ1n) is 34.5. The normalized spacial score (nSPS) is 14.4. The SMILES string of the molecule is CC/C=C\C/C=C\C/C=C\C/C=C\C/C=C\C/C=C\CCCCCCCCC(=O)OC(/C=C/CCCCCCCCCCC)C(COP(=O)([O-])OCC[N+](C)(C)C)NC(=O)CCCCCCCCC/C=C\C/C=C\C/C=C\C/C=C\CCCCC. The molecule has 3 atom stereocenters. The van der Waals surface area contributed by atoms with Gasteiger partial charge in [0.05, 0.1) is 33.8 Å². The second kappa shape index (κ2) is 63.2. The molecule has 0 fully saturated rings. The number of nitrogens with zero attached hydrogens (tertiary/aromatic N) is 1. The second-order valence-corrected chi connectivity index (χ2v) is 25.4. The summed E-state index contributed by atoms with van der Waals surface area (Å²) < 4.78 is 30.4. The van der Waals surface area contributed by atoms with Crippen LogP contribution in [-0.4, -0.2) is 69.4 Å². The lowest BCUT2D eigenvalue weighted by molar-refractivity contribution is -0.870. The van der Waals surface area contributed by atoms with Gasteiger partial charge in [-0.1, -0.05) is 270 Å². The average molecular weight is 1200 g/mol. The molecule has 0 aliphatic rings. The number of quaternary nitrogens is 1. The number of hydrogen-bond acceptors (Lipinski definition) is 7. The summed E-state index contributed by atoms with van der Waals surface area (Å²) in [5.41, 5.74) is 0. The molecule has 0 aliphatic carbocycles. The molecule has 0 spiro atoms. The number of amides is 1. The number of ether oxygens (including phenoxy) is 1. The fourth-order valence-electron chi connectivity index (χ4n) is 9.27. The van der Waals surface area contributed by atoms with E-state index < -0.39 is 26.6 Å². The smallest absolute Gasteiger partial charge is 0.306 e. The Kier molecular flexibility index (Phi) is 60.3. The van der Waals surface area contributed by atoms with Crippen LogP contribution in [0.25, 0.3) is 0 Å². The minimum Gasteiger partial charge on any atom is -0.756 e. The van der Waals surface area contributed by atoms with Crippen molar-refractivity contribution >= 4 is 19.7 Å². The number of hydrogen-bond donors (Lipinski definition) is 1. The molecule has 0 aromatic rings. The molecule has 10 heteroatoms. The first-order valence-corrected chi connectivity index (χ1v) is 36.0. The summed E-state index contributed by atoms with van der Waals surface area (Å²) in [5, 5.41) is 3.02. The van der Waals surface area contributed by atoms with E-state index in [-0.39, 0.29) is 24.9 Å². The van der Waals surface area contributed by atoms with Crippen molar-refractivity contribution < 1.29 is 37.3 Å². The average Bonchev–Trinajstić information content (AvgIpc) is 3.58. The van der Waals surface area contributed by atoms with Crippen LogP contribution in [0.5, 0.6) is 0 Å². The van der Waals surface area contributed by atoms with Crippen LogP contribution in [0.15, 0.2) is 134 Å². The number of carbonyl (C=O) groups is 2. The summed E-state index contributed by atoms with van der Waals surface area (Å²) in [7, 11) is 1.15. The molecule has 0 rings (SSSR count). The van der Waals surface area contributed by atoms with Gasteiger partial charge in [-0.05, 0) is 128 Å². The van der Waals surface area contributed by atoms with E-state index in [2.05, 4.69) is 148 Å². The van der Waals surface area contributed by atoms with E-state index in [1.54, 1.807) is 0 Å². The van der Waals surface area contributed by atoms with Crippen LogP contribution in [0.1, 0.15) is 278 Å². The number of carbonyl (C=O) groups excluding carboxylic acids is 2. The van der Waals surface area contributed by atoms with Gasteiger partial charge in [0.25, 0.3) is 7.82 Å². The highest BCUT2D eigenvalue weighted by Gasteiger charge is 2.27. The Hall–Kier alpha value is -3.85. The molecule has 0 aliphatic heterocycles. The zero-order valence-electron chi connectivity index (χ0n) is 55.5. The molecule has 9 nitrogen and oxygen atoms in total. The minimum atomic E-state index is -4.72. The molecule has 1 amide bonds. The number of esters is 1. The van der Waals surface area contributed by atoms with E-state index in [0.29, 0.717) is 23.9 Å². The number of rotatable bonds is 61. The molecule has 1 N–H and O–H groups in total. The van der Waals surface area contributed by atoms with E-state index in [1.165, 1.54) is 89.9 Å².